The van der Waals surface area contributed by atoms with Crippen LogP contribution in [0.15, 0.2) is 18.5 Å². The van der Waals surface area contributed by atoms with E-state index >= 15 is 0 Å². The Labute approximate surface area is 118 Å². The van der Waals surface area contributed by atoms with Gasteiger partial charge >= 0.3 is 0 Å². The highest BCUT2D eigenvalue weighted by Crippen LogP contribution is 2.12. The molecule has 2 aromatic rings. The van der Waals surface area contributed by atoms with Gasteiger partial charge in [0.15, 0.2) is 5.65 Å². The minimum Gasteiger partial charge on any atom is -0.338 e. The molecule has 0 aliphatic heterocycles. The van der Waals surface area contributed by atoms with Gasteiger partial charge in [0.05, 0.1) is 6.20 Å². The molecule has 104 valence electrons. The van der Waals surface area contributed by atoms with Gasteiger partial charge in [0, 0.05) is 31.5 Å². The number of carbonyl (C=O) groups is 1. The summed E-state index contributed by atoms with van der Waals surface area (Å²) in [6, 6.07) is 1.83. The third kappa shape index (κ3) is 2.85. The average Bonchev–Trinajstić information content (AvgIpc) is 2.78. The first kappa shape index (κ1) is 15.4. The number of fused-ring (bicyclic) bond motifs is 1. The Bertz CT molecular complexity index is 583. The molecule has 2 rings (SSSR count). The van der Waals surface area contributed by atoms with Crippen molar-refractivity contribution in [2.24, 2.45) is 5.73 Å². The van der Waals surface area contributed by atoms with E-state index in [0.717, 1.165) is 5.69 Å². The first-order valence-corrected chi connectivity index (χ1v) is 5.82. The van der Waals surface area contributed by atoms with Crippen LogP contribution in [-0.2, 0) is 0 Å². The minimum absolute atomic E-state index is 0. The molecule has 2 N–H and O–H groups in total. The van der Waals surface area contributed by atoms with Crippen molar-refractivity contribution in [1.82, 2.24) is 19.5 Å². The Hall–Kier alpha value is -1.66. The zero-order chi connectivity index (χ0) is 13.3. The Morgan fingerprint density at radius 2 is 2.26 bits per heavy atom. The molecule has 7 heteroatoms. The molecule has 6 nitrogen and oxygen atoms in total. The molecule has 0 aliphatic carbocycles. The van der Waals surface area contributed by atoms with Crippen LogP contribution in [0.4, 0.5) is 0 Å². The lowest BCUT2D eigenvalue weighted by atomic mass is 10.2. The summed E-state index contributed by atoms with van der Waals surface area (Å²) >= 11 is 0. The van der Waals surface area contributed by atoms with Gasteiger partial charge in [-0.3, -0.25) is 4.79 Å². The van der Waals surface area contributed by atoms with E-state index in [1.807, 2.05) is 19.9 Å². The van der Waals surface area contributed by atoms with Gasteiger partial charge in [0.1, 0.15) is 5.56 Å². The normalized spacial score (nSPS) is 12.0. The van der Waals surface area contributed by atoms with Crippen molar-refractivity contribution in [2.75, 3.05) is 13.6 Å². The van der Waals surface area contributed by atoms with E-state index in [4.69, 9.17) is 5.73 Å². The number of aryl methyl sites for hydroxylation is 1. The molecule has 2 aromatic heterocycles. The van der Waals surface area contributed by atoms with Gasteiger partial charge in [-0.15, -0.1) is 12.4 Å². The summed E-state index contributed by atoms with van der Waals surface area (Å²) in [6.07, 6.45) is 3.34. The fourth-order valence-corrected chi connectivity index (χ4v) is 1.66. The van der Waals surface area contributed by atoms with Crippen LogP contribution in [-0.4, -0.2) is 45.0 Å². The second-order valence-corrected chi connectivity index (χ2v) is 4.40. The fraction of sp³-hybridized carbons (Fsp3) is 0.417. The van der Waals surface area contributed by atoms with Crippen molar-refractivity contribution >= 4 is 24.0 Å². The molecule has 0 radical (unpaired) electrons. The molecule has 0 saturated carbocycles. The van der Waals surface area contributed by atoms with Crippen LogP contribution in [0.3, 0.4) is 0 Å². The highest BCUT2D eigenvalue weighted by molar-refractivity contribution is 5.99. The average molecular weight is 284 g/mol. The van der Waals surface area contributed by atoms with Crippen LogP contribution in [0.2, 0.25) is 0 Å². The SMILES string of the molecule is Cc1ccn2ncc(C(=O)N(C)C(C)CN)c2n1.Cl. The Kier molecular flexibility index (Phi) is 4.85. The van der Waals surface area contributed by atoms with Crippen LogP contribution < -0.4 is 5.73 Å². The van der Waals surface area contributed by atoms with Gasteiger partial charge in [-0.25, -0.2) is 9.50 Å². The van der Waals surface area contributed by atoms with E-state index in [0.29, 0.717) is 17.8 Å². The largest absolute Gasteiger partial charge is 0.338 e. The molecule has 1 unspecified atom stereocenters. The van der Waals surface area contributed by atoms with Gasteiger partial charge < -0.3 is 10.6 Å². The van der Waals surface area contributed by atoms with Gasteiger partial charge in [-0.05, 0) is 19.9 Å². The zero-order valence-electron chi connectivity index (χ0n) is 11.2. The molecule has 0 aromatic carbocycles. The third-order valence-corrected chi connectivity index (χ3v) is 3.06. The minimum atomic E-state index is -0.110. The van der Waals surface area contributed by atoms with Crippen molar-refractivity contribution < 1.29 is 4.79 Å². The summed E-state index contributed by atoms with van der Waals surface area (Å²) < 4.78 is 1.60. The number of nitrogens with two attached hydrogens (primary N) is 1. The number of aromatic nitrogens is 3. The summed E-state index contributed by atoms with van der Waals surface area (Å²) in [5, 5.41) is 4.12. The van der Waals surface area contributed by atoms with Gasteiger partial charge in [-0.1, -0.05) is 0 Å². The lowest BCUT2D eigenvalue weighted by molar-refractivity contribution is 0.0750. The molecule has 0 fully saturated rings. The van der Waals surface area contributed by atoms with Crippen molar-refractivity contribution in [3.8, 4) is 0 Å². The molecular weight excluding hydrogens is 266 g/mol. The van der Waals surface area contributed by atoms with Crippen molar-refractivity contribution in [1.29, 1.82) is 0 Å². The lowest BCUT2D eigenvalue weighted by Crippen LogP contribution is -2.39. The molecule has 0 bridgehead atoms. The molecule has 0 saturated heterocycles. The highest BCUT2D eigenvalue weighted by atomic mass is 35.5. The zero-order valence-corrected chi connectivity index (χ0v) is 12.0. The Balaban J connectivity index is 0.00000180. The third-order valence-electron chi connectivity index (χ3n) is 3.06. The highest BCUT2D eigenvalue weighted by Gasteiger charge is 2.20. The summed E-state index contributed by atoms with van der Waals surface area (Å²) in [5.41, 5.74) is 7.50. The molecule has 0 aliphatic rings. The van der Waals surface area contributed by atoms with Crippen LogP contribution in [0.1, 0.15) is 23.0 Å². The van der Waals surface area contributed by atoms with Crippen LogP contribution in [0, 0.1) is 6.92 Å². The number of halogens is 1. The number of rotatable bonds is 3. The van der Waals surface area contributed by atoms with E-state index in [-0.39, 0.29) is 24.4 Å². The second kappa shape index (κ2) is 5.99. The molecule has 2 heterocycles. The van der Waals surface area contributed by atoms with E-state index in [1.165, 1.54) is 0 Å². The van der Waals surface area contributed by atoms with E-state index in [9.17, 15) is 4.79 Å². The summed E-state index contributed by atoms with van der Waals surface area (Å²) in [5.74, 6) is -0.110. The Morgan fingerprint density at radius 3 is 2.89 bits per heavy atom. The van der Waals surface area contributed by atoms with Gasteiger partial charge in [0.25, 0.3) is 5.91 Å². The predicted octanol–water partition coefficient (Wildman–Crippen LogP) is 0.879. The standard InChI is InChI=1S/C12H17N5O.ClH/c1-8-4-5-17-11(15-8)10(7-14-17)12(18)16(3)9(2)6-13;/h4-5,7,9H,6,13H2,1-3H3;1H. The lowest BCUT2D eigenvalue weighted by Gasteiger charge is -2.22. The predicted molar refractivity (Wildman–Crippen MR) is 75.6 cm³/mol. The molecular formula is C12H18ClN5O. The number of hydrogen-bond acceptors (Lipinski definition) is 4. The van der Waals surface area contributed by atoms with E-state index in [2.05, 4.69) is 10.1 Å². The molecule has 0 spiro atoms. The second-order valence-electron chi connectivity index (χ2n) is 4.40. The molecule has 1 amide bonds. The van der Waals surface area contributed by atoms with Crippen molar-refractivity contribution in [2.45, 2.75) is 19.9 Å². The summed E-state index contributed by atoms with van der Waals surface area (Å²) in [7, 11) is 1.74. The van der Waals surface area contributed by atoms with E-state index in [1.54, 1.807) is 28.9 Å². The number of carbonyl (C=O) groups excluding carboxylic acids is 1. The topological polar surface area (TPSA) is 76.5 Å². The van der Waals surface area contributed by atoms with Crippen LogP contribution in [0.5, 0.6) is 0 Å². The van der Waals surface area contributed by atoms with Crippen LogP contribution >= 0.6 is 12.4 Å². The Morgan fingerprint density at radius 1 is 1.58 bits per heavy atom. The first-order chi connectivity index (χ1) is 8.54. The number of likely N-dealkylation sites (N-methyl/N-ethyl adjacent to an activating group) is 1. The summed E-state index contributed by atoms with van der Waals surface area (Å²) in [6.45, 7) is 4.21. The monoisotopic (exact) mass is 283 g/mol. The van der Waals surface area contributed by atoms with Crippen molar-refractivity contribution in [3.63, 3.8) is 0 Å². The summed E-state index contributed by atoms with van der Waals surface area (Å²) in [4.78, 5) is 18.3. The van der Waals surface area contributed by atoms with Crippen LogP contribution in [0.25, 0.3) is 5.65 Å². The maximum Gasteiger partial charge on any atom is 0.259 e. The van der Waals surface area contributed by atoms with Crippen molar-refractivity contribution in [3.05, 3.63) is 29.7 Å². The first-order valence-electron chi connectivity index (χ1n) is 5.82. The maximum absolute atomic E-state index is 12.3. The number of nitrogens with zero attached hydrogens (tertiary/aromatic N) is 4. The number of amides is 1. The number of hydrogen-bond donors (Lipinski definition) is 1. The van der Waals surface area contributed by atoms with Gasteiger partial charge in [-0.2, -0.15) is 5.10 Å². The van der Waals surface area contributed by atoms with E-state index < -0.39 is 0 Å². The maximum atomic E-state index is 12.3. The van der Waals surface area contributed by atoms with Gasteiger partial charge in [0.2, 0.25) is 0 Å². The molecule has 1 atom stereocenters. The smallest absolute Gasteiger partial charge is 0.259 e. The quantitative estimate of drug-likeness (QED) is 0.907. The molecule has 19 heavy (non-hydrogen) atoms. The fourth-order valence-electron chi connectivity index (χ4n) is 1.66.